The number of fused-ring (bicyclic) bond motifs is 1. The summed E-state index contributed by atoms with van der Waals surface area (Å²) >= 11 is 0. The fourth-order valence-electron chi connectivity index (χ4n) is 1.43. The van der Waals surface area contributed by atoms with Crippen LogP contribution in [0.15, 0.2) is 36.7 Å². The SMILES string of the molecule is CCOC(=O)/C=C/c1cnn2ccccc12. The average Bonchev–Trinajstić information content (AvgIpc) is 2.70. The molecule has 0 saturated heterocycles. The van der Waals surface area contributed by atoms with Gasteiger partial charge in [0.15, 0.2) is 0 Å². The van der Waals surface area contributed by atoms with Crippen molar-refractivity contribution in [2.24, 2.45) is 0 Å². The molecule has 16 heavy (non-hydrogen) atoms. The van der Waals surface area contributed by atoms with E-state index in [1.807, 2.05) is 24.4 Å². The summed E-state index contributed by atoms with van der Waals surface area (Å²) in [5.41, 5.74) is 1.86. The van der Waals surface area contributed by atoms with Crippen molar-refractivity contribution in [1.82, 2.24) is 9.61 Å². The van der Waals surface area contributed by atoms with Gasteiger partial charge < -0.3 is 4.74 Å². The summed E-state index contributed by atoms with van der Waals surface area (Å²) in [6, 6.07) is 5.77. The Balaban J connectivity index is 2.24. The maximum Gasteiger partial charge on any atom is 0.330 e. The van der Waals surface area contributed by atoms with Gasteiger partial charge in [-0.1, -0.05) is 6.07 Å². The fourth-order valence-corrected chi connectivity index (χ4v) is 1.43. The van der Waals surface area contributed by atoms with E-state index in [1.165, 1.54) is 6.08 Å². The molecular weight excluding hydrogens is 204 g/mol. The molecule has 0 aliphatic rings. The number of nitrogens with zero attached hydrogens (tertiary/aromatic N) is 2. The molecule has 4 heteroatoms. The lowest BCUT2D eigenvalue weighted by molar-refractivity contribution is -0.137. The first-order valence-electron chi connectivity index (χ1n) is 5.08. The molecule has 0 aliphatic carbocycles. The largest absolute Gasteiger partial charge is 0.463 e. The summed E-state index contributed by atoms with van der Waals surface area (Å²) in [5, 5.41) is 4.16. The minimum absolute atomic E-state index is 0.335. The Labute approximate surface area is 93.1 Å². The Morgan fingerprint density at radius 3 is 3.25 bits per heavy atom. The van der Waals surface area contributed by atoms with E-state index in [0.29, 0.717) is 6.61 Å². The van der Waals surface area contributed by atoms with Gasteiger partial charge in [-0.25, -0.2) is 9.31 Å². The molecule has 0 bridgehead atoms. The molecular formula is C12H12N2O2. The molecule has 0 radical (unpaired) electrons. The van der Waals surface area contributed by atoms with E-state index >= 15 is 0 Å². The quantitative estimate of drug-likeness (QED) is 0.581. The Kier molecular flexibility index (Phi) is 3.00. The Hall–Kier alpha value is -2.10. The van der Waals surface area contributed by atoms with Crippen molar-refractivity contribution in [3.63, 3.8) is 0 Å². The van der Waals surface area contributed by atoms with E-state index in [2.05, 4.69) is 5.10 Å². The van der Waals surface area contributed by atoms with E-state index in [0.717, 1.165) is 11.1 Å². The minimum Gasteiger partial charge on any atom is -0.463 e. The van der Waals surface area contributed by atoms with Gasteiger partial charge in [-0.05, 0) is 25.1 Å². The summed E-state index contributed by atoms with van der Waals surface area (Å²) in [6.45, 7) is 2.17. The highest BCUT2D eigenvalue weighted by atomic mass is 16.5. The van der Waals surface area contributed by atoms with Crippen molar-refractivity contribution in [1.29, 1.82) is 0 Å². The number of ether oxygens (including phenoxy) is 1. The van der Waals surface area contributed by atoms with Crippen molar-refractivity contribution in [2.75, 3.05) is 6.61 Å². The minimum atomic E-state index is -0.335. The zero-order chi connectivity index (χ0) is 11.4. The number of hydrogen-bond donors (Lipinski definition) is 0. The van der Waals surface area contributed by atoms with Crippen LogP contribution in [0.5, 0.6) is 0 Å². The molecule has 2 aromatic rings. The summed E-state index contributed by atoms with van der Waals surface area (Å²) in [5.74, 6) is -0.335. The number of esters is 1. The number of carbonyl (C=O) groups is 1. The first kappa shape index (κ1) is 10.4. The number of aromatic nitrogens is 2. The predicted octanol–water partition coefficient (Wildman–Crippen LogP) is 1.91. The molecule has 2 heterocycles. The average molecular weight is 216 g/mol. The highest BCUT2D eigenvalue weighted by Gasteiger charge is 2.00. The highest BCUT2D eigenvalue weighted by Crippen LogP contribution is 2.11. The zero-order valence-electron chi connectivity index (χ0n) is 8.96. The lowest BCUT2D eigenvalue weighted by Gasteiger charge is -1.94. The normalized spacial score (nSPS) is 11.1. The topological polar surface area (TPSA) is 43.6 Å². The first-order chi connectivity index (χ1) is 7.81. The van der Waals surface area contributed by atoms with Gasteiger partial charge in [0, 0.05) is 17.8 Å². The Morgan fingerprint density at radius 1 is 1.56 bits per heavy atom. The second-order valence-electron chi connectivity index (χ2n) is 3.22. The lowest BCUT2D eigenvalue weighted by Crippen LogP contribution is -1.98. The molecule has 0 amide bonds. The van der Waals surface area contributed by atoms with Gasteiger partial charge in [0.25, 0.3) is 0 Å². The zero-order valence-corrected chi connectivity index (χ0v) is 8.96. The van der Waals surface area contributed by atoms with E-state index in [4.69, 9.17) is 4.74 Å². The fraction of sp³-hybridized carbons (Fsp3) is 0.167. The standard InChI is InChI=1S/C12H12N2O2/c1-2-16-12(15)7-6-10-9-13-14-8-4-3-5-11(10)14/h3-9H,2H2,1H3/b7-6+. The first-order valence-corrected chi connectivity index (χ1v) is 5.08. The van der Waals surface area contributed by atoms with Crippen LogP contribution in [0.1, 0.15) is 12.5 Å². The lowest BCUT2D eigenvalue weighted by atomic mass is 10.2. The van der Waals surface area contributed by atoms with Gasteiger partial charge in [-0.2, -0.15) is 5.10 Å². The second kappa shape index (κ2) is 4.61. The van der Waals surface area contributed by atoms with Crippen molar-refractivity contribution in [3.8, 4) is 0 Å². The van der Waals surface area contributed by atoms with Gasteiger partial charge >= 0.3 is 5.97 Å². The van der Waals surface area contributed by atoms with Crippen LogP contribution in [-0.2, 0) is 9.53 Å². The molecule has 0 aliphatic heterocycles. The summed E-state index contributed by atoms with van der Waals surface area (Å²) < 4.78 is 6.55. The predicted molar refractivity (Wildman–Crippen MR) is 60.9 cm³/mol. The van der Waals surface area contributed by atoms with Crippen LogP contribution < -0.4 is 0 Å². The van der Waals surface area contributed by atoms with Crippen LogP contribution in [-0.4, -0.2) is 22.2 Å². The van der Waals surface area contributed by atoms with Crippen LogP contribution >= 0.6 is 0 Å². The van der Waals surface area contributed by atoms with Crippen molar-refractivity contribution >= 4 is 17.6 Å². The smallest absolute Gasteiger partial charge is 0.330 e. The Morgan fingerprint density at radius 2 is 2.44 bits per heavy atom. The van der Waals surface area contributed by atoms with Crippen molar-refractivity contribution in [3.05, 3.63) is 42.2 Å². The van der Waals surface area contributed by atoms with Crippen LogP contribution in [0.2, 0.25) is 0 Å². The molecule has 0 aromatic carbocycles. The van der Waals surface area contributed by atoms with Gasteiger partial charge in [-0.3, -0.25) is 0 Å². The molecule has 2 rings (SSSR count). The molecule has 4 nitrogen and oxygen atoms in total. The van der Waals surface area contributed by atoms with Crippen LogP contribution in [0, 0.1) is 0 Å². The Bertz CT molecular complexity index is 529. The molecule has 0 atom stereocenters. The van der Waals surface area contributed by atoms with Crippen molar-refractivity contribution < 1.29 is 9.53 Å². The summed E-state index contributed by atoms with van der Waals surface area (Å²) in [6.07, 6.45) is 6.69. The molecule has 0 unspecified atom stereocenters. The molecule has 0 spiro atoms. The second-order valence-corrected chi connectivity index (χ2v) is 3.22. The maximum atomic E-state index is 11.1. The van der Waals surface area contributed by atoms with E-state index in [9.17, 15) is 4.79 Å². The monoisotopic (exact) mass is 216 g/mol. The van der Waals surface area contributed by atoms with Crippen molar-refractivity contribution in [2.45, 2.75) is 6.92 Å². The van der Waals surface area contributed by atoms with Crippen LogP contribution in [0.3, 0.4) is 0 Å². The van der Waals surface area contributed by atoms with E-state index in [-0.39, 0.29) is 5.97 Å². The maximum absolute atomic E-state index is 11.1. The summed E-state index contributed by atoms with van der Waals surface area (Å²) in [4.78, 5) is 11.1. The molecule has 0 N–H and O–H groups in total. The summed E-state index contributed by atoms with van der Waals surface area (Å²) in [7, 11) is 0. The number of pyridine rings is 1. The third-order valence-corrected chi connectivity index (χ3v) is 2.14. The van der Waals surface area contributed by atoms with Crippen LogP contribution in [0.25, 0.3) is 11.6 Å². The van der Waals surface area contributed by atoms with Gasteiger partial charge in [0.05, 0.1) is 18.3 Å². The molecule has 0 saturated carbocycles. The van der Waals surface area contributed by atoms with Gasteiger partial charge in [0.1, 0.15) is 0 Å². The number of rotatable bonds is 3. The number of carbonyl (C=O) groups excluding carboxylic acids is 1. The van der Waals surface area contributed by atoms with E-state index in [1.54, 1.807) is 23.7 Å². The molecule has 2 aromatic heterocycles. The third-order valence-electron chi connectivity index (χ3n) is 2.14. The highest BCUT2D eigenvalue weighted by molar-refractivity contribution is 5.88. The number of hydrogen-bond acceptors (Lipinski definition) is 3. The van der Waals surface area contributed by atoms with E-state index < -0.39 is 0 Å². The molecule has 0 fully saturated rings. The molecule has 82 valence electrons. The third kappa shape index (κ3) is 2.11. The van der Waals surface area contributed by atoms with Gasteiger partial charge in [-0.15, -0.1) is 0 Å². The van der Waals surface area contributed by atoms with Gasteiger partial charge in [0.2, 0.25) is 0 Å². The van der Waals surface area contributed by atoms with Crippen LogP contribution in [0.4, 0.5) is 0 Å².